The molecule has 1 heterocycles. The zero-order valence-electron chi connectivity index (χ0n) is 13.4. The molecule has 1 aliphatic heterocycles. The molecular formula is C18H26ClFN2O. The quantitative estimate of drug-likeness (QED) is 0.882. The molecule has 1 aromatic rings. The maximum Gasteiger partial charge on any atom is 0.230 e. The Labute approximate surface area is 143 Å². The number of benzene rings is 1. The van der Waals surface area contributed by atoms with Gasteiger partial charge in [0, 0.05) is 12.6 Å². The minimum absolute atomic E-state index is 0. The average molecular weight is 341 g/mol. The van der Waals surface area contributed by atoms with Crippen molar-refractivity contribution in [2.75, 3.05) is 13.1 Å². The Balaban J connectivity index is 0.00000192. The highest BCUT2D eigenvalue weighted by atomic mass is 35.5. The number of hydrogen-bond donors (Lipinski definition) is 2. The zero-order chi connectivity index (χ0) is 15.4. The molecule has 1 atom stereocenters. The average Bonchev–Trinajstić information content (AvgIpc) is 3.06. The third kappa shape index (κ3) is 4.04. The fraction of sp³-hybridized carbons (Fsp3) is 0.611. The summed E-state index contributed by atoms with van der Waals surface area (Å²) in [5, 5.41) is 6.53. The molecule has 23 heavy (non-hydrogen) atoms. The van der Waals surface area contributed by atoms with Crippen molar-refractivity contribution >= 4 is 18.3 Å². The number of hydrogen-bond acceptors (Lipinski definition) is 2. The van der Waals surface area contributed by atoms with E-state index in [1.54, 1.807) is 12.1 Å². The van der Waals surface area contributed by atoms with Crippen molar-refractivity contribution in [2.24, 2.45) is 0 Å². The molecule has 1 aliphatic carbocycles. The predicted molar refractivity (Wildman–Crippen MR) is 92.4 cm³/mol. The van der Waals surface area contributed by atoms with Crippen LogP contribution >= 0.6 is 12.4 Å². The van der Waals surface area contributed by atoms with E-state index in [-0.39, 0.29) is 24.1 Å². The van der Waals surface area contributed by atoms with Gasteiger partial charge in [-0.05, 0) is 49.9 Å². The van der Waals surface area contributed by atoms with Crippen molar-refractivity contribution in [3.8, 4) is 0 Å². The second-order valence-corrected chi connectivity index (χ2v) is 6.66. The molecule has 2 aliphatic rings. The lowest BCUT2D eigenvalue weighted by molar-refractivity contribution is -0.128. The van der Waals surface area contributed by atoms with Gasteiger partial charge in [-0.1, -0.05) is 31.4 Å². The van der Waals surface area contributed by atoms with E-state index in [2.05, 4.69) is 10.6 Å². The van der Waals surface area contributed by atoms with E-state index in [1.165, 1.54) is 12.5 Å². The van der Waals surface area contributed by atoms with Gasteiger partial charge in [0.05, 0.1) is 5.41 Å². The molecule has 1 saturated heterocycles. The number of rotatable bonds is 4. The molecule has 5 heteroatoms. The molecule has 0 spiro atoms. The Hall–Kier alpha value is -1.13. The van der Waals surface area contributed by atoms with Crippen LogP contribution in [0, 0.1) is 5.82 Å². The molecule has 1 amide bonds. The number of carbonyl (C=O) groups excluding carboxylic acids is 1. The van der Waals surface area contributed by atoms with E-state index < -0.39 is 5.41 Å². The molecule has 2 fully saturated rings. The Morgan fingerprint density at radius 3 is 2.70 bits per heavy atom. The molecule has 128 valence electrons. The van der Waals surface area contributed by atoms with Crippen LogP contribution in [0.2, 0.25) is 0 Å². The van der Waals surface area contributed by atoms with Crippen molar-refractivity contribution < 1.29 is 9.18 Å². The van der Waals surface area contributed by atoms with Crippen LogP contribution in [0.3, 0.4) is 0 Å². The molecule has 3 rings (SSSR count). The standard InChI is InChI=1S/C18H25FN2O.ClH/c19-15-7-4-6-14(12-15)18(9-2-1-3-10-18)17(22)21-13-16-8-5-11-20-16;/h4,6-7,12,16,20H,1-3,5,8-11,13H2,(H,21,22);1H. The van der Waals surface area contributed by atoms with Crippen LogP contribution in [-0.2, 0) is 10.2 Å². The summed E-state index contributed by atoms with van der Waals surface area (Å²) < 4.78 is 13.6. The van der Waals surface area contributed by atoms with Gasteiger partial charge >= 0.3 is 0 Å². The summed E-state index contributed by atoms with van der Waals surface area (Å²) in [6.45, 7) is 1.71. The number of carbonyl (C=O) groups is 1. The van der Waals surface area contributed by atoms with Crippen LogP contribution in [0.5, 0.6) is 0 Å². The van der Waals surface area contributed by atoms with Crippen LogP contribution in [0.15, 0.2) is 24.3 Å². The Kier molecular flexibility index (Phi) is 6.42. The van der Waals surface area contributed by atoms with Gasteiger partial charge in [0.25, 0.3) is 0 Å². The van der Waals surface area contributed by atoms with Gasteiger partial charge in [0.1, 0.15) is 5.82 Å². The summed E-state index contributed by atoms with van der Waals surface area (Å²) in [7, 11) is 0. The highest BCUT2D eigenvalue weighted by Crippen LogP contribution is 2.40. The van der Waals surface area contributed by atoms with Crippen LogP contribution in [0.4, 0.5) is 4.39 Å². The SMILES string of the molecule is Cl.O=C(NCC1CCCN1)C1(c2cccc(F)c2)CCCCC1. The third-order valence-electron chi connectivity index (χ3n) is 5.19. The molecule has 0 radical (unpaired) electrons. The van der Waals surface area contributed by atoms with E-state index in [0.29, 0.717) is 12.6 Å². The van der Waals surface area contributed by atoms with Crippen molar-refractivity contribution in [1.82, 2.24) is 10.6 Å². The van der Waals surface area contributed by atoms with E-state index in [9.17, 15) is 9.18 Å². The first-order valence-corrected chi connectivity index (χ1v) is 8.48. The topological polar surface area (TPSA) is 41.1 Å². The Bertz CT molecular complexity index is 526. The highest BCUT2D eigenvalue weighted by Gasteiger charge is 2.41. The van der Waals surface area contributed by atoms with Crippen molar-refractivity contribution in [3.05, 3.63) is 35.6 Å². The fourth-order valence-electron chi connectivity index (χ4n) is 3.90. The Morgan fingerprint density at radius 1 is 1.26 bits per heavy atom. The maximum atomic E-state index is 13.6. The molecular weight excluding hydrogens is 315 g/mol. The van der Waals surface area contributed by atoms with Crippen molar-refractivity contribution in [2.45, 2.75) is 56.4 Å². The first kappa shape index (κ1) is 18.2. The maximum absolute atomic E-state index is 13.6. The minimum atomic E-state index is -0.543. The smallest absolute Gasteiger partial charge is 0.230 e. The van der Waals surface area contributed by atoms with Gasteiger partial charge in [0.2, 0.25) is 5.91 Å². The summed E-state index contributed by atoms with van der Waals surface area (Å²) in [5.41, 5.74) is 0.294. The molecule has 2 N–H and O–H groups in total. The number of halogens is 2. The van der Waals surface area contributed by atoms with Crippen LogP contribution in [0.25, 0.3) is 0 Å². The largest absolute Gasteiger partial charge is 0.354 e. The summed E-state index contributed by atoms with van der Waals surface area (Å²) in [6.07, 6.45) is 7.16. The minimum Gasteiger partial charge on any atom is -0.354 e. The van der Waals surface area contributed by atoms with Gasteiger partial charge in [-0.15, -0.1) is 12.4 Å². The summed E-state index contributed by atoms with van der Waals surface area (Å²) in [6, 6.07) is 6.99. The second-order valence-electron chi connectivity index (χ2n) is 6.66. The lowest BCUT2D eigenvalue weighted by atomic mass is 9.68. The van der Waals surface area contributed by atoms with E-state index in [0.717, 1.165) is 50.6 Å². The zero-order valence-corrected chi connectivity index (χ0v) is 14.3. The van der Waals surface area contributed by atoms with Gasteiger partial charge in [-0.25, -0.2) is 4.39 Å². The molecule has 1 saturated carbocycles. The molecule has 3 nitrogen and oxygen atoms in total. The summed E-state index contributed by atoms with van der Waals surface area (Å²) in [4.78, 5) is 12.9. The molecule has 1 unspecified atom stereocenters. The molecule has 0 bridgehead atoms. The lowest BCUT2D eigenvalue weighted by Crippen LogP contribution is -2.48. The Morgan fingerprint density at radius 2 is 2.04 bits per heavy atom. The summed E-state index contributed by atoms with van der Waals surface area (Å²) >= 11 is 0. The second kappa shape index (κ2) is 8.11. The van der Waals surface area contributed by atoms with E-state index in [1.807, 2.05) is 6.07 Å². The first-order chi connectivity index (χ1) is 10.7. The number of nitrogens with one attached hydrogen (secondary N) is 2. The van der Waals surface area contributed by atoms with Gasteiger partial charge in [-0.2, -0.15) is 0 Å². The van der Waals surface area contributed by atoms with Gasteiger partial charge in [0.15, 0.2) is 0 Å². The molecule has 1 aromatic carbocycles. The molecule has 0 aromatic heterocycles. The van der Waals surface area contributed by atoms with Crippen LogP contribution in [0.1, 0.15) is 50.5 Å². The van der Waals surface area contributed by atoms with Crippen LogP contribution in [-0.4, -0.2) is 25.0 Å². The van der Waals surface area contributed by atoms with E-state index in [4.69, 9.17) is 0 Å². The van der Waals surface area contributed by atoms with Crippen LogP contribution < -0.4 is 10.6 Å². The van der Waals surface area contributed by atoms with Gasteiger partial charge in [-0.3, -0.25) is 4.79 Å². The lowest BCUT2D eigenvalue weighted by Gasteiger charge is -2.36. The highest BCUT2D eigenvalue weighted by molar-refractivity contribution is 5.88. The normalized spacial score (nSPS) is 23.1. The fourth-order valence-corrected chi connectivity index (χ4v) is 3.90. The van der Waals surface area contributed by atoms with Gasteiger partial charge < -0.3 is 10.6 Å². The van der Waals surface area contributed by atoms with Crippen molar-refractivity contribution in [1.29, 1.82) is 0 Å². The number of amides is 1. The predicted octanol–water partition coefficient (Wildman–Crippen LogP) is 3.32. The van der Waals surface area contributed by atoms with E-state index >= 15 is 0 Å². The first-order valence-electron chi connectivity index (χ1n) is 8.48. The third-order valence-corrected chi connectivity index (χ3v) is 5.19. The monoisotopic (exact) mass is 340 g/mol. The summed E-state index contributed by atoms with van der Waals surface area (Å²) in [5.74, 6) is -0.181. The van der Waals surface area contributed by atoms with Crippen molar-refractivity contribution in [3.63, 3.8) is 0 Å².